The number of amides is 1. The Bertz CT molecular complexity index is 897. The Kier molecular flexibility index (Phi) is 6.18. The normalized spacial score (nSPS) is 15.4. The number of benzene rings is 1. The largest absolute Gasteiger partial charge is 0.346 e. The second kappa shape index (κ2) is 8.58. The molecule has 1 aliphatic carbocycles. The number of nitriles is 1. The van der Waals surface area contributed by atoms with Gasteiger partial charge >= 0.3 is 0 Å². The van der Waals surface area contributed by atoms with Gasteiger partial charge in [0.15, 0.2) is 0 Å². The van der Waals surface area contributed by atoms with Crippen LogP contribution in [0.25, 0.3) is 6.08 Å². The number of aromatic nitrogens is 1. The lowest BCUT2D eigenvalue weighted by atomic mass is 9.95. The first-order chi connectivity index (χ1) is 13.0. The lowest BCUT2D eigenvalue weighted by Crippen LogP contribution is -2.15. The summed E-state index contributed by atoms with van der Waals surface area (Å²) in [5, 5.41) is 12.3. The number of carbonyl (C=O) groups is 1. The van der Waals surface area contributed by atoms with Gasteiger partial charge in [-0.25, -0.2) is 0 Å². The Morgan fingerprint density at radius 3 is 2.52 bits per heavy atom. The van der Waals surface area contributed by atoms with E-state index in [1.807, 2.05) is 18.2 Å². The monoisotopic (exact) mass is 425 g/mol. The molecule has 140 valence electrons. The summed E-state index contributed by atoms with van der Waals surface area (Å²) in [7, 11) is 0. The molecule has 0 atom stereocenters. The summed E-state index contributed by atoms with van der Waals surface area (Å²) in [6.45, 7) is 4.18. The second-order valence-corrected chi connectivity index (χ2v) is 8.03. The van der Waals surface area contributed by atoms with Crippen molar-refractivity contribution in [1.29, 1.82) is 5.26 Å². The van der Waals surface area contributed by atoms with Crippen LogP contribution in [0.15, 0.2) is 40.4 Å². The number of rotatable bonds is 4. The van der Waals surface area contributed by atoms with Gasteiger partial charge in [-0.15, -0.1) is 0 Å². The van der Waals surface area contributed by atoms with Gasteiger partial charge in [-0.1, -0.05) is 35.2 Å². The van der Waals surface area contributed by atoms with Gasteiger partial charge in [-0.05, 0) is 68.7 Å². The van der Waals surface area contributed by atoms with E-state index in [0.29, 0.717) is 11.7 Å². The minimum Gasteiger partial charge on any atom is -0.346 e. The van der Waals surface area contributed by atoms with E-state index >= 15 is 0 Å². The van der Waals surface area contributed by atoms with E-state index in [0.717, 1.165) is 15.7 Å². The van der Waals surface area contributed by atoms with E-state index in [-0.39, 0.29) is 11.5 Å². The van der Waals surface area contributed by atoms with Gasteiger partial charge in [0.2, 0.25) is 0 Å². The van der Waals surface area contributed by atoms with Crippen LogP contribution in [0, 0.1) is 25.2 Å². The molecule has 1 aromatic carbocycles. The van der Waals surface area contributed by atoms with Crippen LogP contribution in [0.2, 0.25) is 0 Å². The summed E-state index contributed by atoms with van der Waals surface area (Å²) in [4.78, 5) is 12.5. The van der Waals surface area contributed by atoms with Crippen molar-refractivity contribution < 1.29 is 4.79 Å². The second-order valence-electron chi connectivity index (χ2n) is 7.12. The van der Waals surface area contributed by atoms with Crippen LogP contribution in [0.1, 0.15) is 55.1 Å². The zero-order chi connectivity index (χ0) is 19.4. The van der Waals surface area contributed by atoms with Gasteiger partial charge in [-0.3, -0.25) is 4.79 Å². The maximum absolute atomic E-state index is 12.5. The first kappa shape index (κ1) is 19.4. The quantitative estimate of drug-likeness (QED) is 0.488. The van der Waals surface area contributed by atoms with Crippen LogP contribution in [0.5, 0.6) is 0 Å². The molecule has 0 bridgehead atoms. The first-order valence-corrected chi connectivity index (χ1v) is 10.2. The van der Waals surface area contributed by atoms with Crippen LogP contribution in [0.4, 0.5) is 5.69 Å². The highest BCUT2D eigenvalue weighted by Gasteiger charge is 2.20. The smallest absolute Gasteiger partial charge is 0.266 e. The molecule has 0 unspecified atom stereocenters. The van der Waals surface area contributed by atoms with Gasteiger partial charge < -0.3 is 9.88 Å². The van der Waals surface area contributed by atoms with E-state index in [4.69, 9.17) is 0 Å². The Balaban J connectivity index is 1.84. The molecule has 1 aromatic heterocycles. The van der Waals surface area contributed by atoms with E-state index in [2.05, 4.69) is 45.7 Å². The highest BCUT2D eigenvalue weighted by molar-refractivity contribution is 9.10. The third kappa shape index (κ3) is 4.51. The van der Waals surface area contributed by atoms with E-state index in [1.54, 1.807) is 18.2 Å². The van der Waals surface area contributed by atoms with Gasteiger partial charge in [0.1, 0.15) is 11.6 Å². The molecular weight excluding hydrogens is 402 g/mol. The number of hydrogen-bond acceptors (Lipinski definition) is 2. The number of carbonyl (C=O) groups excluding carboxylic acids is 1. The molecule has 1 N–H and O–H groups in total. The predicted octanol–water partition coefficient (Wildman–Crippen LogP) is 5.92. The molecule has 2 aromatic rings. The molecule has 3 rings (SSSR count). The molecular formula is C22H24BrN3O. The molecule has 1 amide bonds. The van der Waals surface area contributed by atoms with Gasteiger partial charge in [0.05, 0.1) is 0 Å². The van der Waals surface area contributed by atoms with Gasteiger partial charge in [0.25, 0.3) is 5.91 Å². The van der Waals surface area contributed by atoms with E-state index in [9.17, 15) is 10.1 Å². The average Bonchev–Trinajstić information content (AvgIpc) is 2.95. The fourth-order valence-electron chi connectivity index (χ4n) is 3.89. The average molecular weight is 426 g/mol. The number of anilines is 1. The molecule has 4 nitrogen and oxygen atoms in total. The lowest BCUT2D eigenvalue weighted by molar-refractivity contribution is -0.112. The number of nitrogens with one attached hydrogen (secondary N) is 1. The summed E-state index contributed by atoms with van der Waals surface area (Å²) >= 11 is 3.37. The fraction of sp³-hybridized carbons (Fsp3) is 0.364. The zero-order valence-corrected chi connectivity index (χ0v) is 17.3. The van der Waals surface area contributed by atoms with Crippen molar-refractivity contribution in [3.63, 3.8) is 0 Å². The molecule has 0 saturated heterocycles. The van der Waals surface area contributed by atoms with Crippen LogP contribution in [0.3, 0.4) is 0 Å². The van der Waals surface area contributed by atoms with Crippen molar-refractivity contribution in [3.05, 3.63) is 57.3 Å². The van der Waals surface area contributed by atoms with E-state index < -0.39 is 0 Å². The molecule has 5 heteroatoms. The topological polar surface area (TPSA) is 57.8 Å². The van der Waals surface area contributed by atoms with Crippen molar-refractivity contribution in [3.8, 4) is 6.07 Å². The number of hydrogen-bond donors (Lipinski definition) is 1. The van der Waals surface area contributed by atoms with Crippen molar-refractivity contribution in [2.75, 3.05) is 5.32 Å². The fourth-order valence-corrected chi connectivity index (χ4v) is 4.15. The maximum atomic E-state index is 12.5. The Morgan fingerprint density at radius 2 is 1.89 bits per heavy atom. The van der Waals surface area contributed by atoms with Crippen LogP contribution in [-0.4, -0.2) is 10.5 Å². The molecule has 0 spiro atoms. The maximum Gasteiger partial charge on any atom is 0.266 e. The van der Waals surface area contributed by atoms with Crippen LogP contribution in [-0.2, 0) is 4.79 Å². The first-order valence-electron chi connectivity index (χ1n) is 9.36. The summed E-state index contributed by atoms with van der Waals surface area (Å²) in [5.74, 6) is -0.387. The zero-order valence-electron chi connectivity index (χ0n) is 15.8. The molecule has 1 heterocycles. The van der Waals surface area contributed by atoms with Crippen molar-refractivity contribution in [2.45, 2.75) is 52.0 Å². The van der Waals surface area contributed by atoms with Crippen molar-refractivity contribution >= 4 is 33.6 Å². The van der Waals surface area contributed by atoms with Gasteiger partial charge in [-0.2, -0.15) is 5.26 Å². The van der Waals surface area contributed by atoms with Crippen molar-refractivity contribution in [2.24, 2.45) is 0 Å². The standard InChI is InChI=1S/C22H24BrN3O/c1-15-12-17(16(2)26(15)21-6-4-3-5-7-21)13-18(14-24)22(27)25-20-10-8-19(23)9-11-20/h8-13,21H,3-7H2,1-2H3,(H,25,27)/b18-13-. The Morgan fingerprint density at radius 1 is 1.22 bits per heavy atom. The summed E-state index contributed by atoms with van der Waals surface area (Å²) in [6.07, 6.45) is 7.97. The van der Waals surface area contributed by atoms with Crippen LogP contribution < -0.4 is 5.32 Å². The Labute approximate surface area is 169 Å². The molecule has 1 aliphatic rings. The number of nitrogens with zero attached hydrogens (tertiary/aromatic N) is 2. The molecule has 0 radical (unpaired) electrons. The lowest BCUT2D eigenvalue weighted by Gasteiger charge is -2.26. The van der Waals surface area contributed by atoms with E-state index in [1.165, 1.54) is 37.8 Å². The van der Waals surface area contributed by atoms with Crippen LogP contribution >= 0.6 is 15.9 Å². The Hall–Kier alpha value is -2.32. The molecule has 1 saturated carbocycles. The minimum atomic E-state index is -0.387. The molecule has 27 heavy (non-hydrogen) atoms. The minimum absolute atomic E-state index is 0.113. The third-order valence-corrected chi connectivity index (χ3v) is 5.76. The molecule has 0 aliphatic heterocycles. The summed E-state index contributed by atoms with van der Waals surface area (Å²) in [5.41, 5.74) is 4.04. The highest BCUT2D eigenvalue weighted by Crippen LogP contribution is 2.32. The van der Waals surface area contributed by atoms with Gasteiger partial charge in [0, 0.05) is 27.6 Å². The highest BCUT2D eigenvalue weighted by atomic mass is 79.9. The van der Waals surface area contributed by atoms with Crippen molar-refractivity contribution in [1.82, 2.24) is 4.57 Å². The SMILES string of the molecule is Cc1cc(/C=C(/C#N)C(=O)Nc2ccc(Br)cc2)c(C)n1C1CCCCC1. The predicted molar refractivity (Wildman–Crippen MR) is 112 cm³/mol. The third-order valence-electron chi connectivity index (χ3n) is 5.23. The number of halogens is 1. The summed E-state index contributed by atoms with van der Waals surface area (Å²) < 4.78 is 3.32. The summed E-state index contributed by atoms with van der Waals surface area (Å²) in [6, 6.07) is 12.0. The molecule has 1 fully saturated rings. The number of aryl methyl sites for hydroxylation is 1.